The number of pyridine rings is 1. The molecule has 3 N–H and O–H groups in total. The van der Waals surface area contributed by atoms with E-state index in [0.29, 0.717) is 36.7 Å². The summed E-state index contributed by atoms with van der Waals surface area (Å²) in [6, 6.07) is 16.7. The van der Waals surface area contributed by atoms with E-state index in [0.717, 1.165) is 27.6 Å². The van der Waals surface area contributed by atoms with Gasteiger partial charge in [-0.05, 0) is 53.8 Å². The van der Waals surface area contributed by atoms with Crippen LogP contribution in [0, 0.1) is 6.92 Å². The molecule has 0 radical (unpaired) electrons. The van der Waals surface area contributed by atoms with Gasteiger partial charge in [-0.25, -0.2) is 27.8 Å². The molecular weight excluding hydrogens is 515 g/mol. The van der Waals surface area contributed by atoms with E-state index in [4.69, 9.17) is 4.98 Å². The molecule has 5 rings (SSSR count). The molecule has 0 aliphatic carbocycles. The van der Waals surface area contributed by atoms with Crippen LogP contribution in [0.4, 0.5) is 16.2 Å². The summed E-state index contributed by atoms with van der Waals surface area (Å²) in [5.41, 5.74) is 5.17. The van der Waals surface area contributed by atoms with Gasteiger partial charge in [-0.2, -0.15) is 0 Å². The number of hydrogen-bond donors (Lipinski definition) is 3. The van der Waals surface area contributed by atoms with Crippen molar-refractivity contribution in [3.05, 3.63) is 77.6 Å². The van der Waals surface area contributed by atoms with Crippen molar-refractivity contribution in [2.45, 2.75) is 51.1 Å². The number of alkyl halides is 1. The second-order valence-electron chi connectivity index (χ2n) is 10.4. The number of piperidine rings is 1. The van der Waals surface area contributed by atoms with Crippen molar-refractivity contribution in [2.75, 3.05) is 23.1 Å². The monoisotopic (exact) mass is 548 g/mol. The van der Waals surface area contributed by atoms with Crippen molar-refractivity contribution in [1.29, 1.82) is 0 Å². The number of nitrogens with zero attached hydrogens (tertiary/aromatic N) is 3. The molecule has 10 heteroatoms. The van der Waals surface area contributed by atoms with Crippen LogP contribution in [0.1, 0.15) is 43.0 Å². The number of aryl methyl sites for hydroxylation is 1. The largest absolute Gasteiger partial charge is 0.350 e. The molecule has 8 nitrogen and oxygen atoms in total. The van der Waals surface area contributed by atoms with Crippen LogP contribution >= 0.6 is 0 Å². The maximum absolute atomic E-state index is 13.8. The predicted molar refractivity (Wildman–Crippen MR) is 154 cm³/mol. The third-order valence-electron chi connectivity index (χ3n) is 6.82. The fraction of sp³-hybridized carbons (Fsp3) is 0.345. The van der Waals surface area contributed by atoms with E-state index in [1.54, 1.807) is 24.4 Å². The van der Waals surface area contributed by atoms with Gasteiger partial charge in [0, 0.05) is 48.4 Å². The van der Waals surface area contributed by atoms with Crippen molar-refractivity contribution in [3.63, 3.8) is 0 Å². The quantitative estimate of drug-likeness (QED) is 0.278. The summed E-state index contributed by atoms with van der Waals surface area (Å²) in [4.78, 5) is 13.9. The van der Waals surface area contributed by atoms with Crippen molar-refractivity contribution < 1.29 is 12.8 Å². The zero-order valence-corrected chi connectivity index (χ0v) is 23.1. The van der Waals surface area contributed by atoms with Gasteiger partial charge in [-0.1, -0.05) is 44.2 Å². The Labute approximate surface area is 228 Å². The summed E-state index contributed by atoms with van der Waals surface area (Å²) in [6.45, 7) is 7.14. The molecule has 39 heavy (non-hydrogen) atoms. The van der Waals surface area contributed by atoms with Crippen molar-refractivity contribution in [3.8, 4) is 11.1 Å². The van der Waals surface area contributed by atoms with E-state index in [1.807, 2.05) is 37.3 Å². The van der Waals surface area contributed by atoms with E-state index in [-0.39, 0.29) is 23.5 Å². The summed E-state index contributed by atoms with van der Waals surface area (Å²) >= 11 is 0. The molecule has 0 saturated carbocycles. The van der Waals surface area contributed by atoms with Gasteiger partial charge >= 0.3 is 0 Å². The molecule has 2 atom stereocenters. The summed E-state index contributed by atoms with van der Waals surface area (Å²) in [6.07, 6.45) is 1.33. The van der Waals surface area contributed by atoms with Gasteiger partial charge in [-0.3, -0.25) is 4.72 Å². The van der Waals surface area contributed by atoms with Crippen LogP contribution in [-0.4, -0.2) is 48.7 Å². The number of nitrogens with one attached hydrogen (secondary N) is 3. The lowest BCUT2D eigenvalue weighted by Gasteiger charge is -2.26. The zero-order valence-electron chi connectivity index (χ0n) is 22.3. The third kappa shape index (κ3) is 6.51. The van der Waals surface area contributed by atoms with Crippen LogP contribution in [-0.2, 0) is 15.8 Å². The van der Waals surface area contributed by atoms with Crippen LogP contribution in [0.2, 0.25) is 0 Å². The first kappa shape index (κ1) is 27.0. The van der Waals surface area contributed by atoms with E-state index >= 15 is 0 Å². The number of rotatable bonds is 8. The van der Waals surface area contributed by atoms with Crippen LogP contribution in [0.25, 0.3) is 22.0 Å². The normalized spacial score (nSPS) is 17.9. The minimum absolute atomic E-state index is 0.0645. The van der Waals surface area contributed by atoms with Crippen LogP contribution in [0.3, 0.4) is 0 Å². The first-order valence-electron chi connectivity index (χ1n) is 13.1. The van der Waals surface area contributed by atoms with Gasteiger partial charge in [0.25, 0.3) is 0 Å². The topological polar surface area (TPSA) is 109 Å². The maximum atomic E-state index is 13.8. The van der Waals surface area contributed by atoms with Crippen LogP contribution in [0.5, 0.6) is 0 Å². The minimum Gasteiger partial charge on any atom is -0.350 e. The Morgan fingerprint density at radius 2 is 1.87 bits per heavy atom. The Kier molecular flexibility index (Phi) is 7.76. The predicted octanol–water partition coefficient (Wildman–Crippen LogP) is 5.18. The highest BCUT2D eigenvalue weighted by Crippen LogP contribution is 2.33. The second-order valence-corrected chi connectivity index (χ2v) is 12.1. The molecule has 1 saturated heterocycles. The van der Waals surface area contributed by atoms with Crippen molar-refractivity contribution >= 4 is 32.7 Å². The molecule has 2 aromatic carbocycles. The van der Waals surface area contributed by atoms with Gasteiger partial charge in [0.2, 0.25) is 16.0 Å². The van der Waals surface area contributed by atoms with Crippen LogP contribution < -0.4 is 15.4 Å². The zero-order chi connectivity index (χ0) is 27.6. The molecular formula is C29H33FN6O2S. The highest BCUT2D eigenvalue weighted by molar-refractivity contribution is 7.91. The molecule has 0 unspecified atom stereocenters. The maximum Gasteiger partial charge on any atom is 0.238 e. The standard InChI is InChI=1S/C29H33FN6O2S/c1-18(2)26-12-21(11-22-14-32-29(35-28(22)26)34-24-13-23(30)15-31-16-24)25-9-10-27(33-19(25)3)36-39(37,38)17-20-7-5-4-6-8-20/h4-12,14,18,23-24,31H,13,15-17H2,1-3H3,(H,33,36)(H,32,34,35)/t23-,24-/m0/s1. The highest BCUT2D eigenvalue weighted by atomic mass is 32.2. The van der Waals surface area contributed by atoms with Crippen molar-refractivity contribution in [2.24, 2.45) is 0 Å². The van der Waals surface area contributed by atoms with Gasteiger partial charge in [0.1, 0.15) is 12.0 Å². The number of benzene rings is 2. The molecule has 2 aromatic heterocycles. The van der Waals surface area contributed by atoms with E-state index in [1.165, 1.54) is 0 Å². The van der Waals surface area contributed by atoms with E-state index in [2.05, 4.69) is 45.2 Å². The Morgan fingerprint density at radius 3 is 2.59 bits per heavy atom. The summed E-state index contributed by atoms with van der Waals surface area (Å²) < 4.78 is 41.8. The summed E-state index contributed by atoms with van der Waals surface area (Å²) in [7, 11) is -3.61. The van der Waals surface area contributed by atoms with E-state index < -0.39 is 16.2 Å². The van der Waals surface area contributed by atoms with Gasteiger partial charge in [0.15, 0.2) is 0 Å². The average molecular weight is 549 g/mol. The average Bonchev–Trinajstić information content (AvgIpc) is 2.88. The minimum atomic E-state index is -3.61. The lowest BCUT2D eigenvalue weighted by Crippen LogP contribution is -2.44. The summed E-state index contributed by atoms with van der Waals surface area (Å²) in [5, 5.41) is 7.25. The Morgan fingerprint density at radius 1 is 1.08 bits per heavy atom. The fourth-order valence-electron chi connectivity index (χ4n) is 4.93. The molecule has 3 heterocycles. The number of hydrogen-bond acceptors (Lipinski definition) is 7. The lowest BCUT2D eigenvalue weighted by atomic mass is 9.94. The highest BCUT2D eigenvalue weighted by Gasteiger charge is 2.22. The SMILES string of the molecule is Cc1nc(NS(=O)(=O)Cc2ccccc2)ccc1-c1cc(C(C)C)c2nc(N[C@@H]3CNC[C@@H](F)C3)ncc2c1. The fourth-order valence-corrected chi connectivity index (χ4v) is 6.07. The van der Waals surface area contributed by atoms with Gasteiger partial charge < -0.3 is 10.6 Å². The molecule has 204 valence electrons. The third-order valence-corrected chi connectivity index (χ3v) is 8.05. The smallest absolute Gasteiger partial charge is 0.238 e. The van der Waals surface area contributed by atoms with Crippen molar-refractivity contribution in [1.82, 2.24) is 20.3 Å². The molecule has 0 bridgehead atoms. The molecule has 0 amide bonds. The molecule has 4 aromatic rings. The van der Waals surface area contributed by atoms with E-state index in [9.17, 15) is 12.8 Å². The van der Waals surface area contributed by atoms with Gasteiger partial charge in [0.05, 0.1) is 11.3 Å². The first-order valence-corrected chi connectivity index (χ1v) is 14.8. The molecule has 1 fully saturated rings. The number of aromatic nitrogens is 3. The summed E-state index contributed by atoms with van der Waals surface area (Å²) in [5.74, 6) is 0.840. The Bertz CT molecular complexity index is 1580. The van der Waals surface area contributed by atoms with Gasteiger partial charge in [-0.15, -0.1) is 0 Å². The molecule has 0 spiro atoms. The lowest BCUT2D eigenvalue weighted by molar-refractivity contribution is 0.254. The Hall–Kier alpha value is -3.63. The van der Waals surface area contributed by atoms with Crippen LogP contribution in [0.15, 0.2) is 60.8 Å². The Balaban J connectivity index is 1.41. The number of halogens is 1. The number of anilines is 2. The second kappa shape index (κ2) is 11.2. The number of sulfonamides is 1. The first-order chi connectivity index (χ1) is 18.7. The molecule has 1 aliphatic rings. The molecule has 1 aliphatic heterocycles. The number of fused-ring (bicyclic) bond motifs is 1.